The van der Waals surface area contributed by atoms with Crippen LogP contribution in [0, 0.1) is 0 Å². The third-order valence-corrected chi connectivity index (χ3v) is 3.86. The number of pyridine rings is 1. The van der Waals surface area contributed by atoms with Crippen LogP contribution in [0.25, 0.3) is 10.9 Å². The predicted octanol–water partition coefficient (Wildman–Crippen LogP) is 3.20. The summed E-state index contributed by atoms with van der Waals surface area (Å²) in [5.74, 6) is 0. The van der Waals surface area contributed by atoms with Crippen LogP contribution in [0.15, 0.2) is 34.9 Å². The van der Waals surface area contributed by atoms with Gasteiger partial charge in [0, 0.05) is 29.1 Å². The first kappa shape index (κ1) is 14.4. The van der Waals surface area contributed by atoms with Gasteiger partial charge in [-0.05, 0) is 38.1 Å². The maximum absolute atomic E-state index is 9.33. The lowest BCUT2D eigenvalue weighted by molar-refractivity contribution is 0.163. The zero-order valence-corrected chi connectivity index (χ0v) is 12.9. The van der Waals surface area contributed by atoms with E-state index in [1.165, 1.54) is 5.56 Å². The van der Waals surface area contributed by atoms with E-state index < -0.39 is 0 Å². The van der Waals surface area contributed by atoms with Gasteiger partial charge in [0.15, 0.2) is 0 Å². The van der Waals surface area contributed by atoms with Gasteiger partial charge >= 0.3 is 0 Å². The molecule has 2 aromatic rings. The van der Waals surface area contributed by atoms with Gasteiger partial charge in [0.05, 0.1) is 11.6 Å². The van der Waals surface area contributed by atoms with Crippen LogP contribution in [0.4, 0.5) is 0 Å². The molecule has 0 aliphatic rings. The van der Waals surface area contributed by atoms with Crippen LogP contribution in [-0.4, -0.2) is 34.7 Å². The summed E-state index contributed by atoms with van der Waals surface area (Å²) in [4.78, 5) is 6.70. The molecule has 1 aromatic heterocycles. The first-order valence-electron chi connectivity index (χ1n) is 6.46. The molecule has 1 heterocycles. The van der Waals surface area contributed by atoms with Gasteiger partial charge in [-0.3, -0.25) is 4.98 Å². The van der Waals surface area contributed by atoms with Crippen LogP contribution in [0.3, 0.4) is 0 Å². The molecule has 0 fully saturated rings. The first-order chi connectivity index (χ1) is 9.08. The average molecular weight is 323 g/mol. The van der Waals surface area contributed by atoms with Crippen molar-refractivity contribution in [2.45, 2.75) is 26.0 Å². The minimum atomic E-state index is -0.248. The Bertz CT molecular complexity index is 557. The molecule has 1 aromatic carbocycles. The molecular formula is C15H19BrN2O. The van der Waals surface area contributed by atoms with Crippen LogP contribution < -0.4 is 0 Å². The fourth-order valence-corrected chi connectivity index (χ4v) is 2.55. The van der Waals surface area contributed by atoms with Crippen LogP contribution >= 0.6 is 15.9 Å². The minimum absolute atomic E-state index is 0.248. The molecule has 102 valence electrons. The van der Waals surface area contributed by atoms with E-state index in [1.54, 1.807) is 0 Å². The Labute approximate surface area is 122 Å². The Morgan fingerprint density at radius 2 is 2.16 bits per heavy atom. The van der Waals surface area contributed by atoms with E-state index in [1.807, 2.05) is 19.2 Å². The molecule has 2 rings (SSSR count). The SMILES string of the molecule is CC(O)CCN(C)Cc1ccc(Br)c2cccnc12. The number of aliphatic hydroxyl groups is 1. The second kappa shape index (κ2) is 6.46. The topological polar surface area (TPSA) is 36.4 Å². The molecule has 0 bridgehead atoms. The van der Waals surface area contributed by atoms with E-state index in [9.17, 15) is 5.11 Å². The van der Waals surface area contributed by atoms with Gasteiger partial charge < -0.3 is 10.0 Å². The van der Waals surface area contributed by atoms with E-state index in [2.05, 4.69) is 51.1 Å². The van der Waals surface area contributed by atoms with Crippen LogP contribution in [0.5, 0.6) is 0 Å². The van der Waals surface area contributed by atoms with Crippen molar-refractivity contribution in [1.29, 1.82) is 0 Å². The zero-order chi connectivity index (χ0) is 13.8. The van der Waals surface area contributed by atoms with Gasteiger partial charge in [0.25, 0.3) is 0 Å². The predicted molar refractivity (Wildman–Crippen MR) is 82.1 cm³/mol. The number of aliphatic hydroxyl groups excluding tert-OH is 1. The van der Waals surface area contributed by atoms with Crippen LogP contribution in [-0.2, 0) is 6.54 Å². The summed E-state index contributed by atoms with van der Waals surface area (Å²) in [6.45, 7) is 3.54. The molecule has 0 saturated heterocycles. The van der Waals surface area contributed by atoms with E-state index in [0.717, 1.165) is 34.9 Å². The summed E-state index contributed by atoms with van der Waals surface area (Å²) in [6, 6.07) is 8.21. The number of halogens is 1. The van der Waals surface area contributed by atoms with Crippen molar-refractivity contribution in [2.75, 3.05) is 13.6 Å². The Balaban J connectivity index is 2.19. The minimum Gasteiger partial charge on any atom is -0.393 e. The largest absolute Gasteiger partial charge is 0.393 e. The second-order valence-electron chi connectivity index (χ2n) is 4.98. The maximum Gasteiger partial charge on any atom is 0.0758 e. The molecule has 1 unspecified atom stereocenters. The molecule has 19 heavy (non-hydrogen) atoms. The normalized spacial score (nSPS) is 13.1. The van der Waals surface area contributed by atoms with Gasteiger partial charge in [-0.25, -0.2) is 0 Å². The Morgan fingerprint density at radius 3 is 2.89 bits per heavy atom. The standard InChI is InChI=1S/C15H19BrN2O/c1-11(19)7-9-18(2)10-12-5-6-14(16)13-4-3-8-17-15(12)13/h3-6,8,11,19H,7,9-10H2,1-2H3. The van der Waals surface area contributed by atoms with Crippen molar-refractivity contribution in [1.82, 2.24) is 9.88 Å². The van der Waals surface area contributed by atoms with Crippen LogP contribution in [0.2, 0.25) is 0 Å². The summed E-state index contributed by atoms with van der Waals surface area (Å²) >= 11 is 3.56. The van der Waals surface area contributed by atoms with Gasteiger partial charge in [-0.15, -0.1) is 0 Å². The fraction of sp³-hybridized carbons (Fsp3) is 0.400. The lowest BCUT2D eigenvalue weighted by Gasteiger charge is -2.18. The van der Waals surface area contributed by atoms with Crippen molar-refractivity contribution in [3.05, 3.63) is 40.5 Å². The van der Waals surface area contributed by atoms with Gasteiger partial charge in [0.2, 0.25) is 0 Å². The molecule has 0 aliphatic heterocycles. The molecule has 4 heteroatoms. The second-order valence-corrected chi connectivity index (χ2v) is 5.84. The highest BCUT2D eigenvalue weighted by Gasteiger charge is 2.08. The van der Waals surface area contributed by atoms with E-state index >= 15 is 0 Å². The van der Waals surface area contributed by atoms with Crippen molar-refractivity contribution in [3.8, 4) is 0 Å². The summed E-state index contributed by atoms with van der Waals surface area (Å²) < 4.78 is 1.07. The Kier molecular flexibility index (Phi) is 4.91. The molecule has 1 N–H and O–H groups in total. The Hall–Kier alpha value is -0.970. The molecule has 0 spiro atoms. The summed E-state index contributed by atoms with van der Waals surface area (Å²) in [5.41, 5.74) is 2.26. The van der Waals surface area contributed by atoms with E-state index in [4.69, 9.17) is 0 Å². The molecule has 0 amide bonds. The van der Waals surface area contributed by atoms with Gasteiger partial charge in [-0.1, -0.05) is 28.1 Å². The summed E-state index contributed by atoms with van der Waals surface area (Å²) in [7, 11) is 2.07. The molecule has 1 atom stereocenters. The Morgan fingerprint density at radius 1 is 1.37 bits per heavy atom. The third kappa shape index (κ3) is 3.75. The lowest BCUT2D eigenvalue weighted by atomic mass is 10.1. The highest BCUT2D eigenvalue weighted by molar-refractivity contribution is 9.10. The summed E-state index contributed by atoms with van der Waals surface area (Å²) in [6.07, 6.45) is 2.37. The average Bonchev–Trinajstić information content (AvgIpc) is 2.40. The van der Waals surface area contributed by atoms with Gasteiger partial charge in [-0.2, -0.15) is 0 Å². The summed E-state index contributed by atoms with van der Waals surface area (Å²) in [5, 5.41) is 10.5. The van der Waals surface area contributed by atoms with Crippen molar-refractivity contribution >= 4 is 26.8 Å². The van der Waals surface area contributed by atoms with Crippen molar-refractivity contribution in [2.24, 2.45) is 0 Å². The van der Waals surface area contributed by atoms with Crippen LogP contribution in [0.1, 0.15) is 18.9 Å². The number of fused-ring (bicyclic) bond motifs is 1. The number of aromatic nitrogens is 1. The number of benzene rings is 1. The number of nitrogens with zero attached hydrogens (tertiary/aromatic N) is 2. The monoisotopic (exact) mass is 322 g/mol. The third-order valence-electron chi connectivity index (χ3n) is 3.17. The quantitative estimate of drug-likeness (QED) is 0.918. The molecule has 0 saturated carbocycles. The fourth-order valence-electron chi connectivity index (χ4n) is 2.10. The number of rotatable bonds is 5. The molecular weight excluding hydrogens is 304 g/mol. The molecule has 0 aliphatic carbocycles. The number of hydrogen-bond donors (Lipinski definition) is 1. The highest BCUT2D eigenvalue weighted by atomic mass is 79.9. The molecule has 0 radical (unpaired) electrons. The first-order valence-corrected chi connectivity index (χ1v) is 7.26. The smallest absolute Gasteiger partial charge is 0.0758 e. The van der Waals surface area contributed by atoms with Crippen molar-refractivity contribution < 1.29 is 5.11 Å². The van der Waals surface area contributed by atoms with Crippen molar-refractivity contribution in [3.63, 3.8) is 0 Å². The highest BCUT2D eigenvalue weighted by Crippen LogP contribution is 2.25. The van der Waals surface area contributed by atoms with E-state index in [0.29, 0.717) is 0 Å². The zero-order valence-electron chi connectivity index (χ0n) is 11.3. The molecule has 3 nitrogen and oxygen atoms in total. The van der Waals surface area contributed by atoms with E-state index in [-0.39, 0.29) is 6.10 Å². The van der Waals surface area contributed by atoms with Gasteiger partial charge in [0.1, 0.15) is 0 Å². The lowest BCUT2D eigenvalue weighted by Crippen LogP contribution is -2.22. The maximum atomic E-state index is 9.33. The number of hydrogen-bond acceptors (Lipinski definition) is 3.